The molecule has 7 heteroatoms. The topological polar surface area (TPSA) is 72.1 Å². The average Bonchev–Trinajstić information content (AvgIpc) is 2.70. The van der Waals surface area contributed by atoms with Gasteiger partial charge in [0.05, 0.1) is 11.2 Å². The Bertz CT molecular complexity index is 397. The van der Waals surface area contributed by atoms with Crippen molar-refractivity contribution in [2.24, 2.45) is 0 Å². The molecule has 0 radical (unpaired) electrons. The van der Waals surface area contributed by atoms with Crippen LogP contribution in [-0.2, 0) is 9.31 Å². The van der Waals surface area contributed by atoms with Crippen molar-refractivity contribution in [2.75, 3.05) is 0 Å². The minimum atomic E-state index is -1.62. The molecule has 2 rings (SSSR count). The monoisotopic (exact) mass is 238 g/mol. The second kappa shape index (κ2) is 3.88. The first-order valence-corrected chi connectivity index (χ1v) is 5.54. The van der Waals surface area contributed by atoms with Crippen molar-refractivity contribution in [3.63, 3.8) is 0 Å². The third-order valence-electron chi connectivity index (χ3n) is 3.39. The first-order chi connectivity index (χ1) is 7.73. The Morgan fingerprint density at radius 3 is 2.00 bits per heavy atom. The fourth-order valence-corrected chi connectivity index (χ4v) is 1.59. The van der Waals surface area contributed by atoms with Gasteiger partial charge in [0.1, 0.15) is 11.3 Å². The molecule has 1 aliphatic rings. The molecule has 0 saturated carbocycles. The van der Waals surface area contributed by atoms with Crippen LogP contribution >= 0.6 is 0 Å². The van der Waals surface area contributed by atoms with E-state index in [0.717, 1.165) is 0 Å². The molecule has 1 aliphatic heterocycles. The van der Waals surface area contributed by atoms with Crippen LogP contribution in [0.1, 0.15) is 27.7 Å². The lowest BCUT2D eigenvalue weighted by Crippen LogP contribution is -2.41. The second-order valence-corrected chi connectivity index (χ2v) is 5.20. The summed E-state index contributed by atoms with van der Waals surface area (Å²) in [5, 5.41) is 17.9. The SMILES string of the molecule is CC1(C)OB(c2ccc(B(O)O)o2)OC1(C)C. The van der Waals surface area contributed by atoms with Gasteiger partial charge in [0.2, 0.25) is 0 Å². The van der Waals surface area contributed by atoms with E-state index in [1.807, 2.05) is 27.7 Å². The van der Waals surface area contributed by atoms with E-state index in [1.165, 1.54) is 6.07 Å². The second-order valence-electron chi connectivity index (χ2n) is 5.20. The van der Waals surface area contributed by atoms with Gasteiger partial charge in [-0.3, -0.25) is 0 Å². The van der Waals surface area contributed by atoms with Gasteiger partial charge < -0.3 is 23.8 Å². The van der Waals surface area contributed by atoms with Crippen LogP contribution in [0.2, 0.25) is 0 Å². The zero-order chi connectivity index (χ0) is 12.8. The van der Waals surface area contributed by atoms with E-state index < -0.39 is 25.4 Å². The van der Waals surface area contributed by atoms with Gasteiger partial charge in [-0.15, -0.1) is 0 Å². The van der Waals surface area contributed by atoms with Crippen molar-refractivity contribution in [3.05, 3.63) is 12.1 Å². The molecule has 1 aromatic rings. The van der Waals surface area contributed by atoms with Crippen LogP contribution in [0.15, 0.2) is 16.5 Å². The zero-order valence-electron chi connectivity index (χ0n) is 10.4. The summed E-state index contributed by atoms with van der Waals surface area (Å²) in [6, 6.07) is 3.11. The summed E-state index contributed by atoms with van der Waals surface area (Å²) in [4.78, 5) is 0. The molecular formula is C10H16B2O5. The molecule has 0 amide bonds. The van der Waals surface area contributed by atoms with Crippen molar-refractivity contribution in [3.8, 4) is 0 Å². The first-order valence-electron chi connectivity index (χ1n) is 5.54. The van der Waals surface area contributed by atoms with Crippen molar-refractivity contribution in [1.82, 2.24) is 0 Å². The van der Waals surface area contributed by atoms with E-state index >= 15 is 0 Å². The lowest BCUT2D eigenvalue weighted by atomic mass is 9.86. The number of hydrogen-bond donors (Lipinski definition) is 2. The lowest BCUT2D eigenvalue weighted by molar-refractivity contribution is 0.00578. The van der Waals surface area contributed by atoms with Crippen LogP contribution in [0.4, 0.5) is 0 Å². The summed E-state index contributed by atoms with van der Waals surface area (Å²) in [5.41, 5.74) is -0.369. The van der Waals surface area contributed by atoms with Crippen molar-refractivity contribution in [1.29, 1.82) is 0 Å². The fraction of sp³-hybridized carbons (Fsp3) is 0.600. The molecule has 92 valence electrons. The molecule has 1 fully saturated rings. The molecule has 0 unspecified atom stereocenters. The van der Waals surface area contributed by atoms with Gasteiger partial charge in [0.15, 0.2) is 0 Å². The van der Waals surface area contributed by atoms with Gasteiger partial charge in [-0.1, -0.05) is 0 Å². The van der Waals surface area contributed by atoms with Gasteiger partial charge in [-0.05, 0) is 39.8 Å². The maximum Gasteiger partial charge on any atom is 0.532 e. The van der Waals surface area contributed by atoms with Crippen LogP contribution in [0.25, 0.3) is 0 Å². The van der Waals surface area contributed by atoms with Crippen molar-refractivity contribution >= 4 is 25.6 Å². The average molecular weight is 238 g/mol. The molecule has 0 bridgehead atoms. The quantitative estimate of drug-likeness (QED) is 0.663. The molecule has 1 aromatic heterocycles. The van der Waals surface area contributed by atoms with Gasteiger partial charge in [-0.25, -0.2) is 0 Å². The molecule has 17 heavy (non-hydrogen) atoms. The third kappa shape index (κ3) is 2.15. The summed E-state index contributed by atoms with van der Waals surface area (Å²) in [6.07, 6.45) is 0. The smallest absolute Gasteiger partial charge is 0.473 e. The van der Waals surface area contributed by atoms with Gasteiger partial charge in [0.25, 0.3) is 0 Å². The predicted octanol–water partition coefficient (Wildman–Crippen LogP) is -0.741. The number of hydrogen-bond acceptors (Lipinski definition) is 5. The largest absolute Gasteiger partial charge is 0.532 e. The molecule has 0 aromatic carbocycles. The van der Waals surface area contributed by atoms with E-state index in [2.05, 4.69) is 0 Å². The Balaban J connectivity index is 2.20. The number of furan rings is 1. The normalized spacial score (nSPS) is 21.9. The maximum atomic E-state index is 8.97. The van der Waals surface area contributed by atoms with Crippen molar-refractivity contribution < 1.29 is 23.8 Å². The van der Waals surface area contributed by atoms with Crippen LogP contribution in [0.3, 0.4) is 0 Å². The predicted molar refractivity (Wildman–Crippen MR) is 64.2 cm³/mol. The van der Waals surface area contributed by atoms with E-state index in [-0.39, 0.29) is 5.66 Å². The Hall–Kier alpha value is -0.750. The Kier molecular flexibility index (Phi) is 2.90. The van der Waals surface area contributed by atoms with E-state index in [1.54, 1.807) is 6.07 Å². The Labute approximate surface area is 101 Å². The summed E-state index contributed by atoms with van der Waals surface area (Å²) >= 11 is 0. The van der Waals surface area contributed by atoms with Crippen LogP contribution < -0.4 is 11.3 Å². The van der Waals surface area contributed by atoms with Crippen LogP contribution in [0, 0.1) is 0 Å². The van der Waals surface area contributed by atoms with E-state index in [0.29, 0.717) is 5.66 Å². The summed E-state index contributed by atoms with van der Waals surface area (Å²) in [5.74, 6) is 0. The lowest BCUT2D eigenvalue weighted by Gasteiger charge is -2.32. The first kappa shape index (κ1) is 12.7. The molecule has 2 heterocycles. The molecule has 1 saturated heterocycles. The highest BCUT2D eigenvalue weighted by molar-refractivity contribution is 6.62. The highest BCUT2D eigenvalue weighted by atomic mass is 16.7. The van der Waals surface area contributed by atoms with Gasteiger partial charge >= 0.3 is 14.2 Å². The molecule has 0 aliphatic carbocycles. The maximum absolute atomic E-state index is 8.97. The summed E-state index contributed by atoms with van der Waals surface area (Å²) in [7, 11) is -2.24. The van der Waals surface area contributed by atoms with E-state index in [9.17, 15) is 0 Å². The van der Waals surface area contributed by atoms with Crippen molar-refractivity contribution in [2.45, 2.75) is 38.9 Å². The van der Waals surface area contributed by atoms with E-state index in [4.69, 9.17) is 23.8 Å². The minimum Gasteiger partial charge on any atom is -0.473 e. The molecule has 0 atom stereocenters. The van der Waals surface area contributed by atoms with Crippen LogP contribution in [0.5, 0.6) is 0 Å². The third-order valence-corrected chi connectivity index (χ3v) is 3.39. The van der Waals surface area contributed by atoms with Gasteiger partial charge in [0, 0.05) is 0 Å². The minimum absolute atomic E-state index is 0.0784. The molecule has 2 N–H and O–H groups in total. The highest BCUT2D eigenvalue weighted by Crippen LogP contribution is 2.36. The molecule has 5 nitrogen and oxygen atoms in total. The molecule has 0 spiro atoms. The number of rotatable bonds is 2. The standard InChI is InChI=1S/C10H16B2O5/c1-9(2)10(3,4)17-12(16-9)8-6-5-7(15-8)11(13)14/h5-6,13-14H,1-4H3. The Morgan fingerprint density at radius 1 is 1.06 bits per heavy atom. The summed E-state index contributed by atoms with van der Waals surface area (Å²) < 4.78 is 16.8. The van der Waals surface area contributed by atoms with Crippen LogP contribution in [-0.4, -0.2) is 35.5 Å². The zero-order valence-corrected chi connectivity index (χ0v) is 10.4. The fourth-order valence-electron chi connectivity index (χ4n) is 1.59. The molecular weight excluding hydrogens is 222 g/mol. The van der Waals surface area contributed by atoms with Gasteiger partial charge in [-0.2, -0.15) is 0 Å². The summed E-state index contributed by atoms with van der Waals surface area (Å²) in [6.45, 7) is 7.77. The Morgan fingerprint density at radius 2 is 1.59 bits per heavy atom. The highest BCUT2D eigenvalue weighted by Gasteiger charge is 2.53.